The Morgan fingerprint density at radius 3 is 2.93 bits per heavy atom. The van der Waals surface area contributed by atoms with Gasteiger partial charge >= 0.3 is 0 Å². The van der Waals surface area contributed by atoms with E-state index in [1.54, 1.807) is 0 Å². The number of benzene rings is 1. The van der Waals surface area contributed by atoms with Gasteiger partial charge < -0.3 is 5.32 Å². The van der Waals surface area contributed by atoms with Crippen molar-refractivity contribution in [2.75, 3.05) is 25.1 Å². The second kappa shape index (κ2) is 4.85. The summed E-state index contributed by atoms with van der Waals surface area (Å²) in [5, 5.41) is 3.19. The van der Waals surface area contributed by atoms with E-state index in [9.17, 15) is 0 Å². The molecule has 1 saturated heterocycles. The van der Waals surface area contributed by atoms with E-state index in [1.165, 1.54) is 22.6 Å². The van der Waals surface area contributed by atoms with Crippen LogP contribution in [0.5, 0.6) is 0 Å². The summed E-state index contributed by atoms with van der Waals surface area (Å²) in [5.41, 5.74) is 3.01. The van der Waals surface area contributed by atoms with Crippen LogP contribution in [0.2, 0.25) is 0 Å². The Bertz CT molecular complexity index is 294. The second-order valence-electron chi connectivity index (χ2n) is 3.83. The van der Waals surface area contributed by atoms with Crippen LogP contribution in [0.1, 0.15) is 17.0 Å². The third kappa shape index (κ3) is 2.31. The van der Waals surface area contributed by atoms with Gasteiger partial charge in [0.15, 0.2) is 0 Å². The number of nitrogens with one attached hydrogen (secondary N) is 1. The highest BCUT2D eigenvalue weighted by Gasteiger charge is 2.19. The molecule has 1 fully saturated rings. The lowest BCUT2D eigenvalue weighted by molar-refractivity contribution is 0.786. The van der Waals surface area contributed by atoms with E-state index in [4.69, 9.17) is 0 Å². The Hall–Kier alpha value is -0.470. The van der Waals surface area contributed by atoms with Gasteiger partial charge in [-0.1, -0.05) is 24.3 Å². The lowest BCUT2D eigenvalue weighted by Gasteiger charge is -2.25. The number of likely N-dealkylation sites (N-methyl/N-ethyl adjacent to an activating group) is 1. The summed E-state index contributed by atoms with van der Waals surface area (Å²) in [6.07, 6.45) is 1.14. The summed E-state index contributed by atoms with van der Waals surface area (Å²) in [5.74, 6) is 3.46. The van der Waals surface area contributed by atoms with Crippen LogP contribution in [0.3, 0.4) is 0 Å². The zero-order chi connectivity index (χ0) is 9.80. The van der Waals surface area contributed by atoms with Crippen molar-refractivity contribution in [2.45, 2.75) is 12.3 Å². The van der Waals surface area contributed by atoms with Gasteiger partial charge in [-0.25, -0.2) is 0 Å². The van der Waals surface area contributed by atoms with Gasteiger partial charge in [0.05, 0.1) is 0 Å². The summed E-state index contributed by atoms with van der Waals surface area (Å²) in [6.45, 7) is 1.07. The first-order chi connectivity index (χ1) is 6.90. The van der Waals surface area contributed by atoms with Crippen molar-refractivity contribution < 1.29 is 0 Å². The minimum absolute atomic E-state index is 0.828. The van der Waals surface area contributed by atoms with Crippen molar-refractivity contribution in [3.63, 3.8) is 0 Å². The predicted octanol–water partition coefficient (Wildman–Crippen LogP) is 2.28. The molecule has 1 N–H and O–H groups in total. The van der Waals surface area contributed by atoms with Gasteiger partial charge in [0.2, 0.25) is 0 Å². The summed E-state index contributed by atoms with van der Waals surface area (Å²) in [4.78, 5) is 0. The van der Waals surface area contributed by atoms with E-state index in [1.807, 2.05) is 7.05 Å². The minimum atomic E-state index is 0.828. The molecule has 0 unspecified atom stereocenters. The van der Waals surface area contributed by atoms with E-state index in [0.29, 0.717) is 0 Å². The molecule has 1 aliphatic rings. The minimum Gasteiger partial charge on any atom is -0.319 e. The first-order valence-electron chi connectivity index (χ1n) is 5.21. The fraction of sp³-hybridized carbons (Fsp3) is 0.500. The molecule has 0 atom stereocenters. The normalized spacial score (nSPS) is 16.6. The second-order valence-corrected chi connectivity index (χ2v) is 4.91. The van der Waals surface area contributed by atoms with Gasteiger partial charge in [0, 0.05) is 17.4 Å². The van der Waals surface area contributed by atoms with Crippen LogP contribution < -0.4 is 5.32 Å². The van der Waals surface area contributed by atoms with Crippen LogP contribution in [0.4, 0.5) is 0 Å². The van der Waals surface area contributed by atoms with E-state index in [2.05, 4.69) is 41.3 Å². The maximum atomic E-state index is 3.19. The molecule has 0 saturated carbocycles. The van der Waals surface area contributed by atoms with Crippen LogP contribution >= 0.6 is 11.8 Å². The van der Waals surface area contributed by atoms with Crippen LogP contribution in [-0.2, 0) is 6.42 Å². The highest BCUT2D eigenvalue weighted by molar-refractivity contribution is 8.00. The highest BCUT2D eigenvalue weighted by atomic mass is 32.2. The molecule has 0 amide bonds. The first-order valence-corrected chi connectivity index (χ1v) is 6.37. The Balaban J connectivity index is 2.02. The quantitative estimate of drug-likeness (QED) is 0.813. The standard InChI is InChI=1S/C12H17NS/c1-13-6-5-10-3-2-4-11(7-10)12-8-14-9-12/h2-4,7,12-13H,5-6,8-9H2,1H3. The Morgan fingerprint density at radius 1 is 1.43 bits per heavy atom. The fourth-order valence-electron chi connectivity index (χ4n) is 1.70. The summed E-state index contributed by atoms with van der Waals surface area (Å²) < 4.78 is 0. The molecule has 1 aromatic carbocycles. The molecule has 0 aliphatic carbocycles. The van der Waals surface area contributed by atoms with E-state index in [0.717, 1.165) is 18.9 Å². The monoisotopic (exact) mass is 207 g/mol. The zero-order valence-electron chi connectivity index (χ0n) is 8.62. The van der Waals surface area contributed by atoms with Crippen LogP contribution in [0.25, 0.3) is 0 Å². The van der Waals surface area contributed by atoms with Crippen molar-refractivity contribution in [2.24, 2.45) is 0 Å². The maximum absolute atomic E-state index is 3.19. The molecule has 14 heavy (non-hydrogen) atoms. The summed E-state index contributed by atoms with van der Waals surface area (Å²) in [6, 6.07) is 9.07. The van der Waals surface area contributed by atoms with Crippen LogP contribution in [-0.4, -0.2) is 25.1 Å². The molecule has 0 bridgehead atoms. The lowest BCUT2D eigenvalue weighted by Crippen LogP contribution is -2.16. The SMILES string of the molecule is CNCCc1cccc(C2CSC2)c1. The molecular weight excluding hydrogens is 190 g/mol. The van der Waals surface area contributed by atoms with Crippen molar-refractivity contribution in [3.8, 4) is 0 Å². The van der Waals surface area contributed by atoms with Gasteiger partial charge in [-0.3, -0.25) is 0 Å². The van der Waals surface area contributed by atoms with Gasteiger partial charge in [0.25, 0.3) is 0 Å². The average molecular weight is 207 g/mol. The highest BCUT2D eigenvalue weighted by Crippen LogP contribution is 2.34. The fourth-order valence-corrected chi connectivity index (χ4v) is 2.56. The molecule has 76 valence electrons. The zero-order valence-corrected chi connectivity index (χ0v) is 9.44. The molecule has 0 spiro atoms. The van der Waals surface area contributed by atoms with Crippen molar-refractivity contribution in [1.29, 1.82) is 0 Å². The number of hydrogen-bond donors (Lipinski definition) is 1. The summed E-state index contributed by atoms with van der Waals surface area (Å²) in [7, 11) is 2.01. The third-order valence-corrected chi connectivity index (χ3v) is 4.00. The molecule has 1 aromatic rings. The summed E-state index contributed by atoms with van der Waals surface area (Å²) >= 11 is 2.05. The smallest absolute Gasteiger partial charge is 0.00199 e. The van der Waals surface area contributed by atoms with Gasteiger partial charge in [-0.15, -0.1) is 0 Å². The number of hydrogen-bond acceptors (Lipinski definition) is 2. The molecule has 1 heterocycles. The Kier molecular flexibility index (Phi) is 3.49. The van der Waals surface area contributed by atoms with Gasteiger partial charge in [-0.05, 0) is 31.1 Å². The molecule has 2 heteroatoms. The maximum Gasteiger partial charge on any atom is 0.00199 e. The molecule has 2 rings (SSSR count). The lowest BCUT2D eigenvalue weighted by atomic mass is 9.99. The predicted molar refractivity (Wildman–Crippen MR) is 64.1 cm³/mol. The largest absolute Gasteiger partial charge is 0.319 e. The Labute approximate surface area is 90.3 Å². The van der Waals surface area contributed by atoms with Crippen molar-refractivity contribution in [1.82, 2.24) is 5.32 Å². The van der Waals surface area contributed by atoms with Gasteiger partial charge in [-0.2, -0.15) is 11.8 Å². The number of rotatable bonds is 4. The first kappa shape index (κ1) is 10.1. The van der Waals surface area contributed by atoms with Crippen molar-refractivity contribution in [3.05, 3.63) is 35.4 Å². The van der Waals surface area contributed by atoms with E-state index in [-0.39, 0.29) is 0 Å². The Morgan fingerprint density at radius 2 is 2.29 bits per heavy atom. The third-order valence-electron chi connectivity index (χ3n) is 2.72. The molecule has 1 nitrogen and oxygen atoms in total. The van der Waals surface area contributed by atoms with Crippen molar-refractivity contribution >= 4 is 11.8 Å². The average Bonchev–Trinajstić information content (AvgIpc) is 2.13. The van der Waals surface area contributed by atoms with E-state index < -0.39 is 0 Å². The molecule has 1 aliphatic heterocycles. The van der Waals surface area contributed by atoms with Crippen LogP contribution in [0.15, 0.2) is 24.3 Å². The molecule has 0 radical (unpaired) electrons. The molecule has 0 aromatic heterocycles. The van der Waals surface area contributed by atoms with Crippen LogP contribution in [0, 0.1) is 0 Å². The van der Waals surface area contributed by atoms with E-state index >= 15 is 0 Å². The molecular formula is C12H17NS. The van der Waals surface area contributed by atoms with Gasteiger partial charge in [0.1, 0.15) is 0 Å². The number of thioether (sulfide) groups is 1. The topological polar surface area (TPSA) is 12.0 Å².